The molecule has 0 bridgehead atoms. The van der Waals surface area contributed by atoms with Gasteiger partial charge in [0.15, 0.2) is 6.61 Å². The maximum Gasteiger partial charge on any atom is 0.340 e. The van der Waals surface area contributed by atoms with Crippen molar-refractivity contribution in [2.75, 3.05) is 56.6 Å². The predicted molar refractivity (Wildman–Crippen MR) is 138 cm³/mol. The molecule has 1 aromatic heterocycles. The summed E-state index contributed by atoms with van der Waals surface area (Å²) in [6.07, 6.45) is 2.47. The summed E-state index contributed by atoms with van der Waals surface area (Å²) in [7, 11) is -1.33. The van der Waals surface area contributed by atoms with Crippen LogP contribution < -0.4 is 21.9 Å². The number of carbonyl (C=O) groups is 2. The third-order valence-electron chi connectivity index (χ3n) is 6.82. The number of nitrogens with zero attached hydrogens (tertiary/aromatic N) is 4. The van der Waals surface area contributed by atoms with Gasteiger partial charge in [0.2, 0.25) is 15.8 Å². The molecule has 1 aromatic carbocycles. The summed E-state index contributed by atoms with van der Waals surface area (Å²) >= 11 is 0. The van der Waals surface area contributed by atoms with Crippen LogP contribution in [0, 0.1) is 0 Å². The lowest BCUT2D eigenvalue weighted by molar-refractivity contribution is 0.0474. The molecule has 2 N–H and O–H groups in total. The molecule has 2 fully saturated rings. The first kappa shape index (κ1) is 27.5. The Morgan fingerprint density at radius 3 is 2.32 bits per heavy atom. The number of sulfonamides is 1. The number of ether oxygens (including phenoxy) is 2. The van der Waals surface area contributed by atoms with E-state index in [0.29, 0.717) is 45.1 Å². The zero-order valence-corrected chi connectivity index (χ0v) is 22.2. The molecule has 2 aliphatic heterocycles. The van der Waals surface area contributed by atoms with Crippen molar-refractivity contribution < 1.29 is 27.5 Å². The highest BCUT2D eigenvalue weighted by Crippen LogP contribution is 2.28. The lowest BCUT2D eigenvalue weighted by Gasteiger charge is -2.31. The third-order valence-corrected chi connectivity index (χ3v) is 8.71. The SMILES string of the molecule is Cn1c(N)c(C(=O)COC(=O)c2cc(S(=O)(=O)N3CCCCC3)ccc2N2CCOCC2)c(=O)n(C)c1=O. The Morgan fingerprint density at radius 2 is 1.66 bits per heavy atom. The van der Waals surface area contributed by atoms with Crippen LogP contribution in [-0.2, 0) is 33.6 Å². The molecule has 13 nitrogen and oxygen atoms in total. The normalized spacial score (nSPS) is 16.8. The van der Waals surface area contributed by atoms with E-state index in [1.807, 2.05) is 4.90 Å². The van der Waals surface area contributed by atoms with Gasteiger partial charge in [0.25, 0.3) is 5.56 Å². The molecule has 0 radical (unpaired) electrons. The molecule has 2 aromatic rings. The molecule has 0 saturated carbocycles. The zero-order valence-electron chi connectivity index (χ0n) is 21.3. The Bertz CT molecular complexity index is 1470. The number of nitrogen functional groups attached to an aromatic ring is 1. The van der Waals surface area contributed by atoms with E-state index in [-0.39, 0.29) is 16.3 Å². The Labute approximate surface area is 219 Å². The van der Waals surface area contributed by atoms with Gasteiger partial charge in [0.1, 0.15) is 11.4 Å². The average Bonchev–Trinajstić information content (AvgIpc) is 2.94. The molecule has 0 amide bonds. The Balaban J connectivity index is 1.65. The van der Waals surface area contributed by atoms with E-state index in [0.717, 1.165) is 28.4 Å². The number of hydrogen-bond donors (Lipinski definition) is 1. The highest BCUT2D eigenvalue weighted by molar-refractivity contribution is 7.89. The van der Waals surface area contributed by atoms with Crippen molar-refractivity contribution in [3.63, 3.8) is 0 Å². The number of rotatable bonds is 7. The molecular weight excluding hydrogens is 518 g/mol. The van der Waals surface area contributed by atoms with E-state index in [2.05, 4.69) is 0 Å². The van der Waals surface area contributed by atoms with Crippen LogP contribution in [0.25, 0.3) is 0 Å². The van der Waals surface area contributed by atoms with Crippen molar-refractivity contribution >= 4 is 33.3 Å². The summed E-state index contributed by atoms with van der Waals surface area (Å²) in [5.74, 6) is -2.17. The molecule has 14 heteroatoms. The molecule has 0 aliphatic carbocycles. The van der Waals surface area contributed by atoms with E-state index in [4.69, 9.17) is 15.2 Å². The van der Waals surface area contributed by atoms with Crippen LogP contribution in [0.1, 0.15) is 40.0 Å². The van der Waals surface area contributed by atoms with Gasteiger partial charge in [-0.1, -0.05) is 6.42 Å². The average molecular weight is 550 g/mol. The minimum Gasteiger partial charge on any atom is -0.454 e. The first-order chi connectivity index (χ1) is 18.0. The fourth-order valence-electron chi connectivity index (χ4n) is 4.58. The number of Topliss-reactive ketones (excluding diaryl/α,β-unsaturated/α-hetero) is 1. The molecule has 0 spiro atoms. The summed E-state index contributed by atoms with van der Waals surface area (Å²) in [6, 6.07) is 4.29. The lowest BCUT2D eigenvalue weighted by Crippen LogP contribution is -2.42. The first-order valence-corrected chi connectivity index (χ1v) is 13.7. The van der Waals surface area contributed by atoms with Crippen LogP contribution in [0.3, 0.4) is 0 Å². The minimum atomic E-state index is -3.84. The summed E-state index contributed by atoms with van der Waals surface area (Å²) in [5.41, 5.74) is 4.16. The lowest BCUT2D eigenvalue weighted by atomic mass is 10.1. The monoisotopic (exact) mass is 549 g/mol. The number of morpholine rings is 1. The molecule has 206 valence electrons. The number of piperidine rings is 1. The van der Waals surface area contributed by atoms with Gasteiger partial charge < -0.3 is 20.1 Å². The molecule has 2 aliphatic rings. The fraction of sp³-hybridized carbons (Fsp3) is 0.500. The second-order valence-electron chi connectivity index (χ2n) is 9.21. The summed E-state index contributed by atoms with van der Waals surface area (Å²) < 4.78 is 40.3. The predicted octanol–water partition coefficient (Wildman–Crippen LogP) is -0.283. The van der Waals surface area contributed by atoms with Crippen molar-refractivity contribution in [3.8, 4) is 0 Å². The quantitative estimate of drug-likeness (QED) is 0.359. The number of benzene rings is 1. The Morgan fingerprint density at radius 1 is 1.00 bits per heavy atom. The van der Waals surface area contributed by atoms with E-state index < -0.39 is 45.2 Å². The van der Waals surface area contributed by atoms with Gasteiger partial charge in [-0.05, 0) is 31.0 Å². The van der Waals surface area contributed by atoms with Crippen molar-refractivity contribution in [2.45, 2.75) is 24.2 Å². The number of anilines is 2. The molecule has 4 rings (SSSR count). The van der Waals surface area contributed by atoms with Crippen LogP contribution in [-0.4, -0.2) is 79.6 Å². The van der Waals surface area contributed by atoms with Gasteiger partial charge in [-0.2, -0.15) is 4.31 Å². The highest BCUT2D eigenvalue weighted by atomic mass is 32.2. The van der Waals surface area contributed by atoms with E-state index in [9.17, 15) is 27.6 Å². The van der Waals surface area contributed by atoms with Crippen LogP contribution in [0.15, 0.2) is 32.7 Å². The summed E-state index contributed by atoms with van der Waals surface area (Å²) in [6.45, 7) is 1.77. The van der Waals surface area contributed by atoms with Crippen molar-refractivity contribution in [1.82, 2.24) is 13.4 Å². The van der Waals surface area contributed by atoms with Crippen LogP contribution in [0.2, 0.25) is 0 Å². The first-order valence-electron chi connectivity index (χ1n) is 12.3. The maximum atomic E-state index is 13.3. The van der Waals surface area contributed by atoms with Crippen LogP contribution in [0.5, 0.6) is 0 Å². The molecule has 0 atom stereocenters. The number of hydrogen-bond acceptors (Lipinski definition) is 10. The van der Waals surface area contributed by atoms with Gasteiger partial charge in [-0.25, -0.2) is 18.0 Å². The van der Waals surface area contributed by atoms with Gasteiger partial charge in [-0.15, -0.1) is 0 Å². The highest BCUT2D eigenvalue weighted by Gasteiger charge is 2.30. The standard InChI is InChI=1S/C24H31N5O8S/c1-26-21(25)20(22(31)27(2)24(26)33)19(30)15-37-23(32)17-14-16(38(34,35)29-8-4-3-5-9-29)6-7-18(17)28-10-12-36-13-11-28/h6-7,14H,3-5,8-13,15,25H2,1-2H3. The van der Waals surface area contributed by atoms with Gasteiger partial charge in [0.05, 0.1) is 29.4 Å². The molecule has 3 heterocycles. The number of aromatic nitrogens is 2. The zero-order chi connectivity index (χ0) is 27.6. The Kier molecular flexibility index (Phi) is 8.04. The van der Waals surface area contributed by atoms with Crippen molar-refractivity contribution in [1.29, 1.82) is 0 Å². The molecule has 0 unspecified atom stereocenters. The molecular formula is C24H31N5O8S. The number of carbonyl (C=O) groups excluding carboxylic acids is 2. The second kappa shape index (κ2) is 11.1. The minimum absolute atomic E-state index is 0.0286. The number of ketones is 1. The number of nitrogens with two attached hydrogens (primary N) is 1. The van der Waals surface area contributed by atoms with Crippen molar-refractivity contribution in [2.24, 2.45) is 14.1 Å². The topological polar surface area (TPSA) is 163 Å². The third kappa shape index (κ3) is 5.24. The molecule has 38 heavy (non-hydrogen) atoms. The van der Waals surface area contributed by atoms with Gasteiger partial charge >= 0.3 is 11.7 Å². The number of esters is 1. The Hall–Kier alpha value is -3.49. The van der Waals surface area contributed by atoms with Crippen LogP contribution >= 0.6 is 0 Å². The van der Waals surface area contributed by atoms with Gasteiger partial charge in [0, 0.05) is 40.3 Å². The molecule has 2 saturated heterocycles. The van der Waals surface area contributed by atoms with E-state index in [1.165, 1.54) is 30.5 Å². The van der Waals surface area contributed by atoms with Gasteiger partial charge in [-0.3, -0.25) is 18.7 Å². The smallest absolute Gasteiger partial charge is 0.340 e. The largest absolute Gasteiger partial charge is 0.454 e. The second-order valence-corrected chi connectivity index (χ2v) is 11.1. The van der Waals surface area contributed by atoms with Crippen LogP contribution in [0.4, 0.5) is 11.5 Å². The van der Waals surface area contributed by atoms with E-state index in [1.54, 1.807) is 6.07 Å². The fourth-order valence-corrected chi connectivity index (χ4v) is 6.12. The summed E-state index contributed by atoms with van der Waals surface area (Å²) in [4.78, 5) is 52.5. The van der Waals surface area contributed by atoms with Crippen molar-refractivity contribution in [3.05, 3.63) is 50.2 Å². The maximum absolute atomic E-state index is 13.3. The summed E-state index contributed by atoms with van der Waals surface area (Å²) in [5, 5.41) is 0. The van der Waals surface area contributed by atoms with E-state index >= 15 is 0 Å².